The van der Waals surface area contributed by atoms with Gasteiger partial charge in [0.15, 0.2) is 0 Å². The zero-order valence-corrected chi connectivity index (χ0v) is 19.7. The summed E-state index contributed by atoms with van der Waals surface area (Å²) in [6.45, 7) is 4.02. The number of aryl methyl sites for hydroxylation is 2. The molecule has 1 amide bonds. The van der Waals surface area contributed by atoms with E-state index in [0.29, 0.717) is 16.8 Å². The van der Waals surface area contributed by atoms with Crippen molar-refractivity contribution in [3.8, 4) is 0 Å². The molecule has 0 aromatic heterocycles. The van der Waals surface area contributed by atoms with E-state index in [1.54, 1.807) is 30.3 Å². The maximum atomic E-state index is 12.4. The molecule has 0 spiro atoms. The van der Waals surface area contributed by atoms with Gasteiger partial charge in [-0.3, -0.25) is 19.2 Å². The molecular formula is C24H24N4O5S. The number of anilines is 1. The van der Waals surface area contributed by atoms with Crippen molar-refractivity contribution in [1.29, 1.82) is 0 Å². The topological polar surface area (TPSA) is 122 Å². The lowest BCUT2D eigenvalue weighted by Crippen LogP contribution is -2.29. The van der Waals surface area contributed by atoms with Crippen LogP contribution in [0.4, 0.5) is 11.4 Å². The van der Waals surface area contributed by atoms with Crippen LogP contribution in [0.2, 0.25) is 0 Å². The standard InChI is InChI=1S/C24H24N4O5S/c1-17-4-11-23(14-18(17)2)27(34(3,32)33)16-20-5-9-21(10-6-20)24(29)26-25-15-19-7-12-22(13-8-19)28(30)31/h4-15H,16H2,1-3H3,(H,26,29)/b25-15+. The summed E-state index contributed by atoms with van der Waals surface area (Å²) in [5.74, 6) is -0.446. The van der Waals surface area contributed by atoms with Crippen molar-refractivity contribution in [1.82, 2.24) is 5.43 Å². The van der Waals surface area contributed by atoms with Crippen LogP contribution in [0.1, 0.15) is 32.6 Å². The molecule has 3 aromatic carbocycles. The predicted octanol–water partition coefficient (Wildman–Crippen LogP) is 3.94. The van der Waals surface area contributed by atoms with Crippen LogP contribution in [-0.2, 0) is 16.6 Å². The average Bonchev–Trinajstić information content (AvgIpc) is 2.79. The van der Waals surface area contributed by atoms with Gasteiger partial charge in [0.05, 0.1) is 29.6 Å². The lowest BCUT2D eigenvalue weighted by Gasteiger charge is -2.23. The third-order valence-corrected chi connectivity index (χ3v) is 6.35. The van der Waals surface area contributed by atoms with Crippen LogP contribution >= 0.6 is 0 Å². The number of hydrazone groups is 1. The van der Waals surface area contributed by atoms with Gasteiger partial charge >= 0.3 is 0 Å². The first-order valence-corrected chi connectivity index (χ1v) is 12.1. The van der Waals surface area contributed by atoms with Gasteiger partial charge in [-0.15, -0.1) is 0 Å². The summed E-state index contributed by atoms with van der Waals surface area (Å²) >= 11 is 0. The Balaban J connectivity index is 1.67. The number of sulfonamides is 1. The third-order valence-electron chi connectivity index (χ3n) is 5.20. The second-order valence-electron chi connectivity index (χ2n) is 7.78. The minimum atomic E-state index is -3.52. The fourth-order valence-electron chi connectivity index (χ4n) is 3.12. The van der Waals surface area contributed by atoms with Gasteiger partial charge in [-0.25, -0.2) is 13.8 Å². The van der Waals surface area contributed by atoms with E-state index in [1.165, 1.54) is 34.8 Å². The lowest BCUT2D eigenvalue weighted by molar-refractivity contribution is -0.384. The number of nitrogens with one attached hydrogen (secondary N) is 1. The fraction of sp³-hybridized carbons (Fsp3) is 0.167. The van der Waals surface area contributed by atoms with Crippen molar-refractivity contribution in [2.75, 3.05) is 10.6 Å². The number of nitro benzene ring substituents is 1. The zero-order valence-electron chi connectivity index (χ0n) is 18.9. The van der Waals surface area contributed by atoms with E-state index in [0.717, 1.165) is 22.9 Å². The van der Waals surface area contributed by atoms with Crippen molar-refractivity contribution >= 4 is 33.5 Å². The largest absolute Gasteiger partial charge is 0.271 e. The van der Waals surface area contributed by atoms with Crippen LogP contribution < -0.4 is 9.73 Å². The van der Waals surface area contributed by atoms with E-state index in [9.17, 15) is 23.3 Å². The number of carbonyl (C=O) groups is 1. The molecule has 0 aliphatic rings. The monoisotopic (exact) mass is 480 g/mol. The van der Waals surface area contributed by atoms with E-state index in [-0.39, 0.29) is 12.2 Å². The molecule has 0 fully saturated rings. The molecule has 9 nitrogen and oxygen atoms in total. The Labute approximate surface area is 197 Å². The van der Waals surface area contributed by atoms with Crippen LogP contribution in [0.5, 0.6) is 0 Å². The summed E-state index contributed by atoms with van der Waals surface area (Å²) in [4.78, 5) is 22.5. The molecule has 0 unspecified atom stereocenters. The molecule has 0 atom stereocenters. The highest BCUT2D eigenvalue weighted by molar-refractivity contribution is 7.92. The number of benzene rings is 3. The number of hydrogen-bond donors (Lipinski definition) is 1. The molecule has 0 saturated carbocycles. The van der Waals surface area contributed by atoms with E-state index in [4.69, 9.17) is 0 Å². The summed E-state index contributed by atoms with van der Waals surface area (Å²) in [5.41, 5.74) is 6.66. The molecule has 0 aliphatic heterocycles. The minimum Gasteiger partial charge on any atom is -0.267 e. The number of non-ortho nitro benzene ring substituents is 1. The highest BCUT2D eigenvalue weighted by atomic mass is 32.2. The molecule has 3 aromatic rings. The normalized spacial score (nSPS) is 11.4. The first kappa shape index (κ1) is 24.6. The Bertz CT molecular complexity index is 1330. The van der Waals surface area contributed by atoms with Gasteiger partial charge in [0.25, 0.3) is 11.6 Å². The first-order valence-electron chi connectivity index (χ1n) is 10.3. The van der Waals surface area contributed by atoms with E-state index in [1.807, 2.05) is 26.0 Å². The molecular weight excluding hydrogens is 456 g/mol. The van der Waals surface area contributed by atoms with Crippen LogP contribution in [-0.4, -0.2) is 31.7 Å². The molecule has 0 radical (unpaired) electrons. The van der Waals surface area contributed by atoms with Crippen molar-refractivity contribution in [3.63, 3.8) is 0 Å². The zero-order chi connectivity index (χ0) is 24.9. The van der Waals surface area contributed by atoms with E-state index < -0.39 is 20.9 Å². The molecule has 176 valence electrons. The van der Waals surface area contributed by atoms with Crippen LogP contribution in [0, 0.1) is 24.0 Å². The molecule has 10 heteroatoms. The quantitative estimate of drug-likeness (QED) is 0.297. The predicted molar refractivity (Wildman–Crippen MR) is 132 cm³/mol. The van der Waals surface area contributed by atoms with Gasteiger partial charge < -0.3 is 0 Å². The summed E-state index contributed by atoms with van der Waals surface area (Å²) in [7, 11) is -3.52. The second kappa shape index (κ2) is 10.3. The van der Waals surface area contributed by atoms with Gasteiger partial charge in [-0.2, -0.15) is 5.10 Å². The highest BCUT2D eigenvalue weighted by Gasteiger charge is 2.18. The maximum absolute atomic E-state index is 12.4. The van der Waals surface area contributed by atoms with E-state index in [2.05, 4.69) is 10.5 Å². The fourth-order valence-corrected chi connectivity index (χ4v) is 4.00. The smallest absolute Gasteiger partial charge is 0.267 e. The Hall–Kier alpha value is -4.05. The molecule has 0 bridgehead atoms. The van der Waals surface area contributed by atoms with Crippen LogP contribution in [0.15, 0.2) is 71.8 Å². The molecule has 1 N–H and O–H groups in total. The third kappa shape index (κ3) is 6.26. The summed E-state index contributed by atoms with van der Waals surface area (Å²) in [5, 5.41) is 14.6. The molecule has 34 heavy (non-hydrogen) atoms. The van der Waals surface area contributed by atoms with E-state index >= 15 is 0 Å². The SMILES string of the molecule is Cc1ccc(N(Cc2ccc(C(=O)N/N=C/c3ccc([N+](=O)[O-])cc3)cc2)S(C)(=O)=O)cc1C. The Morgan fingerprint density at radius 3 is 2.24 bits per heavy atom. The van der Waals surface area contributed by atoms with Crippen LogP contribution in [0.3, 0.4) is 0 Å². The van der Waals surface area contributed by atoms with Gasteiger partial charge in [-0.05, 0) is 72.5 Å². The maximum Gasteiger partial charge on any atom is 0.271 e. The van der Waals surface area contributed by atoms with Gasteiger partial charge in [0.2, 0.25) is 10.0 Å². The Morgan fingerprint density at radius 1 is 1.03 bits per heavy atom. The van der Waals surface area contributed by atoms with Gasteiger partial charge in [0, 0.05) is 17.7 Å². The van der Waals surface area contributed by atoms with Crippen LogP contribution in [0.25, 0.3) is 0 Å². The number of amides is 1. The Morgan fingerprint density at radius 2 is 1.68 bits per heavy atom. The summed E-state index contributed by atoms with van der Waals surface area (Å²) < 4.78 is 26.1. The van der Waals surface area contributed by atoms with Crippen molar-refractivity contribution in [2.45, 2.75) is 20.4 Å². The second-order valence-corrected chi connectivity index (χ2v) is 9.69. The number of rotatable bonds is 8. The number of nitrogens with zero attached hydrogens (tertiary/aromatic N) is 3. The summed E-state index contributed by atoms with van der Waals surface area (Å²) in [6.07, 6.45) is 2.54. The first-order chi connectivity index (χ1) is 16.0. The van der Waals surface area contributed by atoms with Crippen molar-refractivity contribution in [2.24, 2.45) is 5.10 Å². The Kier molecular flexibility index (Phi) is 7.42. The highest BCUT2D eigenvalue weighted by Crippen LogP contribution is 2.23. The number of hydrogen-bond acceptors (Lipinski definition) is 6. The molecule has 3 rings (SSSR count). The lowest BCUT2D eigenvalue weighted by atomic mass is 10.1. The van der Waals surface area contributed by atoms with Crippen molar-refractivity contribution in [3.05, 3.63) is 105 Å². The molecule has 0 aliphatic carbocycles. The average molecular weight is 481 g/mol. The minimum absolute atomic E-state index is 0.0340. The number of carbonyl (C=O) groups excluding carboxylic acids is 1. The van der Waals surface area contributed by atoms with Gasteiger partial charge in [0.1, 0.15) is 0 Å². The molecule has 0 heterocycles. The summed E-state index contributed by atoms with van der Waals surface area (Å²) in [6, 6.07) is 17.8. The number of nitro groups is 1. The van der Waals surface area contributed by atoms with Gasteiger partial charge in [-0.1, -0.05) is 18.2 Å². The van der Waals surface area contributed by atoms with Crippen molar-refractivity contribution < 1.29 is 18.1 Å². The molecule has 0 saturated heterocycles.